The molecule has 2 rings (SSSR count). The van der Waals surface area contributed by atoms with Gasteiger partial charge in [0, 0.05) is 18.8 Å². The molecular weight excluding hydrogens is 238 g/mol. The van der Waals surface area contributed by atoms with Crippen molar-refractivity contribution in [3.05, 3.63) is 30.3 Å². The van der Waals surface area contributed by atoms with Gasteiger partial charge >= 0.3 is 0 Å². The van der Waals surface area contributed by atoms with Gasteiger partial charge in [-0.3, -0.25) is 9.69 Å². The molecule has 1 amide bonds. The number of benzene rings is 1. The lowest BCUT2D eigenvalue weighted by Gasteiger charge is -2.27. The van der Waals surface area contributed by atoms with E-state index in [0.29, 0.717) is 18.9 Å². The van der Waals surface area contributed by atoms with Crippen LogP contribution in [0.25, 0.3) is 0 Å². The van der Waals surface area contributed by atoms with Crippen LogP contribution in [0.5, 0.6) is 0 Å². The van der Waals surface area contributed by atoms with E-state index in [1.54, 1.807) is 0 Å². The van der Waals surface area contributed by atoms with Gasteiger partial charge in [-0.2, -0.15) is 0 Å². The summed E-state index contributed by atoms with van der Waals surface area (Å²) in [4.78, 5) is 16.8. The average molecular weight is 261 g/mol. The minimum Gasteiger partial charge on any atom is -0.330 e. The Hall–Kier alpha value is -1.39. The second-order valence-electron chi connectivity index (χ2n) is 5.42. The summed E-state index contributed by atoms with van der Waals surface area (Å²) in [6.07, 6.45) is 0.714. The SMILES string of the molecule is CC1CN(c2ccccc2)C(=O)C(CCN)N(C)C1. The molecule has 1 saturated heterocycles. The van der Waals surface area contributed by atoms with Crippen LogP contribution in [0.15, 0.2) is 30.3 Å². The molecule has 1 aliphatic rings. The molecule has 1 fully saturated rings. The molecular formula is C15H23N3O. The lowest BCUT2D eigenvalue weighted by atomic mass is 10.1. The highest BCUT2D eigenvalue weighted by Crippen LogP contribution is 2.22. The fourth-order valence-electron chi connectivity index (χ4n) is 2.79. The normalized spacial score (nSPS) is 25.4. The number of carbonyl (C=O) groups excluding carboxylic acids is 1. The maximum atomic E-state index is 12.7. The first-order valence-electron chi connectivity index (χ1n) is 6.90. The average Bonchev–Trinajstić information content (AvgIpc) is 2.51. The van der Waals surface area contributed by atoms with Crippen LogP contribution in [-0.2, 0) is 4.79 Å². The molecule has 4 nitrogen and oxygen atoms in total. The van der Waals surface area contributed by atoms with Crippen LogP contribution in [0.1, 0.15) is 13.3 Å². The predicted molar refractivity (Wildman–Crippen MR) is 78.0 cm³/mol. The molecule has 1 aliphatic heterocycles. The Morgan fingerprint density at radius 1 is 1.26 bits per heavy atom. The smallest absolute Gasteiger partial charge is 0.244 e. The summed E-state index contributed by atoms with van der Waals surface area (Å²) in [6.45, 7) is 4.43. The minimum atomic E-state index is -0.102. The van der Waals surface area contributed by atoms with Crippen molar-refractivity contribution in [3.63, 3.8) is 0 Å². The second kappa shape index (κ2) is 6.17. The Balaban J connectivity index is 2.29. The zero-order chi connectivity index (χ0) is 13.8. The van der Waals surface area contributed by atoms with Crippen molar-refractivity contribution in [3.8, 4) is 0 Å². The Bertz CT molecular complexity index is 421. The van der Waals surface area contributed by atoms with Crippen molar-refractivity contribution in [1.82, 2.24) is 4.90 Å². The van der Waals surface area contributed by atoms with Gasteiger partial charge in [-0.05, 0) is 38.1 Å². The number of rotatable bonds is 3. The third-order valence-electron chi connectivity index (χ3n) is 3.69. The van der Waals surface area contributed by atoms with E-state index >= 15 is 0 Å². The van der Waals surface area contributed by atoms with Crippen LogP contribution in [0.2, 0.25) is 0 Å². The van der Waals surface area contributed by atoms with Crippen LogP contribution >= 0.6 is 0 Å². The fourth-order valence-corrected chi connectivity index (χ4v) is 2.79. The summed E-state index contributed by atoms with van der Waals surface area (Å²) in [5.74, 6) is 0.625. The molecule has 2 atom stereocenters. The van der Waals surface area contributed by atoms with Crippen LogP contribution in [0.4, 0.5) is 5.69 Å². The molecule has 0 spiro atoms. The number of likely N-dealkylation sites (N-methyl/N-ethyl adjacent to an activating group) is 1. The monoisotopic (exact) mass is 261 g/mol. The molecule has 19 heavy (non-hydrogen) atoms. The molecule has 0 aliphatic carbocycles. The molecule has 0 saturated carbocycles. The topological polar surface area (TPSA) is 49.6 Å². The largest absolute Gasteiger partial charge is 0.330 e. The minimum absolute atomic E-state index is 0.102. The predicted octanol–water partition coefficient (Wildman–Crippen LogP) is 1.32. The van der Waals surface area contributed by atoms with Crippen molar-refractivity contribution < 1.29 is 4.79 Å². The maximum absolute atomic E-state index is 12.7. The van der Waals surface area contributed by atoms with Crippen molar-refractivity contribution in [2.24, 2.45) is 11.7 Å². The van der Waals surface area contributed by atoms with Crippen molar-refractivity contribution in [2.75, 3.05) is 31.6 Å². The highest BCUT2D eigenvalue weighted by molar-refractivity contribution is 5.97. The Labute approximate surface area is 115 Å². The lowest BCUT2D eigenvalue weighted by molar-refractivity contribution is -0.122. The van der Waals surface area contributed by atoms with Crippen molar-refractivity contribution >= 4 is 11.6 Å². The van der Waals surface area contributed by atoms with Gasteiger partial charge in [0.1, 0.15) is 0 Å². The van der Waals surface area contributed by atoms with Gasteiger partial charge in [0.25, 0.3) is 0 Å². The number of nitrogens with two attached hydrogens (primary N) is 1. The van der Waals surface area contributed by atoms with Crippen LogP contribution in [0, 0.1) is 5.92 Å². The van der Waals surface area contributed by atoms with Gasteiger partial charge in [0.2, 0.25) is 5.91 Å². The number of nitrogens with zero attached hydrogens (tertiary/aromatic N) is 2. The summed E-state index contributed by atoms with van der Waals surface area (Å²) in [5, 5.41) is 0. The number of hydrogen-bond acceptors (Lipinski definition) is 3. The summed E-state index contributed by atoms with van der Waals surface area (Å²) < 4.78 is 0. The quantitative estimate of drug-likeness (QED) is 0.892. The highest BCUT2D eigenvalue weighted by Gasteiger charge is 2.33. The number of amides is 1. The van der Waals surface area contributed by atoms with Crippen molar-refractivity contribution in [2.45, 2.75) is 19.4 Å². The first kappa shape index (κ1) is 14.0. The Kier molecular flexibility index (Phi) is 4.56. The zero-order valence-corrected chi connectivity index (χ0v) is 11.7. The van der Waals surface area contributed by atoms with Gasteiger partial charge < -0.3 is 10.6 Å². The zero-order valence-electron chi connectivity index (χ0n) is 11.7. The van der Waals surface area contributed by atoms with E-state index in [9.17, 15) is 4.79 Å². The first-order chi connectivity index (χ1) is 9.13. The third-order valence-corrected chi connectivity index (χ3v) is 3.69. The van der Waals surface area contributed by atoms with E-state index in [0.717, 1.165) is 18.8 Å². The van der Waals surface area contributed by atoms with Gasteiger partial charge in [0.15, 0.2) is 0 Å². The Morgan fingerprint density at radius 2 is 1.95 bits per heavy atom. The fraction of sp³-hybridized carbons (Fsp3) is 0.533. The standard InChI is InChI=1S/C15H23N3O/c1-12-10-17(2)14(8-9-16)15(19)18(11-12)13-6-4-3-5-7-13/h3-7,12,14H,8-11,16H2,1-2H3. The maximum Gasteiger partial charge on any atom is 0.244 e. The van der Waals surface area contributed by atoms with Crippen LogP contribution in [-0.4, -0.2) is 43.5 Å². The summed E-state index contributed by atoms with van der Waals surface area (Å²) in [6, 6.07) is 9.80. The molecule has 2 N–H and O–H groups in total. The molecule has 104 valence electrons. The number of para-hydroxylation sites is 1. The number of hydrogen-bond donors (Lipinski definition) is 1. The molecule has 0 aromatic heterocycles. The highest BCUT2D eigenvalue weighted by atomic mass is 16.2. The van der Waals surface area contributed by atoms with Gasteiger partial charge in [-0.15, -0.1) is 0 Å². The van der Waals surface area contributed by atoms with Gasteiger partial charge in [-0.1, -0.05) is 25.1 Å². The Morgan fingerprint density at radius 3 is 2.58 bits per heavy atom. The summed E-state index contributed by atoms with van der Waals surface area (Å²) in [5.41, 5.74) is 6.64. The molecule has 0 bridgehead atoms. The van der Waals surface area contributed by atoms with Gasteiger partial charge in [-0.25, -0.2) is 0 Å². The van der Waals surface area contributed by atoms with E-state index < -0.39 is 0 Å². The second-order valence-corrected chi connectivity index (χ2v) is 5.42. The molecule has 4 heteroatoms. The lowest BCUT2D eigenvalue weighted by Crippen LogP contribution is -2.45. The van der Waals surface area contributed by atoms with E-state index in [-0.39, 0.29) is 11.9 Å². The number of carbonyl (C=O) groups is 1. The van der Waals surface area contributed by atoms with E-state index in [1.807, 2.05) is 42.3 Å². The molecule has 1 heterocycles. The molecule has 1 aromatic rings. The summed E-state index contributed by atoms with van der Waals surface area (Å²) in [7, 11) is 2.02. The summed E-state index contributed by atoms with van der Waals surface area (Å²) >= 11 is 0. The molecule has 1 aromatic carbocycles. The van der Waals surface area contributed by atoms with E-state index in [1.165, 1.54) is 0 Å². The molecule has 2 unspecified atom stereocenters. The van der Waals surface area contributed by atoms with E-state index in [2.05, 4.69) is 11.8 Å². The number of anilines is 1. The van der Waals surface area contributed by atoms with Gasteiger partial charge in [0.05, 0.1) is 6.04 Å². The molecule has 0 radical (unpaired) electrons. The first-order valence-corrected chi connectivity index (χ1v) is 6.90. The van der Waals surface area contributed by atoms with E-state index in [4.69, 9.17) is 5.73 Å². The third kappa shape index (κ3) is 3.14. The van der Waals surface area contributed by atoms with Crippen LogP contribution < -0.4 is 10.6 Å². The van der Waals surface area contributed by atoms with Crippen molar-refractivity contribution in [1.29, 1.82) is 0 Å². The van der Waals surface area contributed by atoms with Crippen LogP contribution in [0.3, 0.4) is 0 Å².